The molecule has 104 valence electrons. The first-order chi connectivity index (χ1) is 9.02. The third-order valence-corrected chi connectivity index (χ3v) is 2.15. The van der Waals surface area contributed by atoms with Gasteiger partial charge >= 0.3 is 12.1 Å². The Bertz CT molecular complexity index is 426. The van der Waals surface area contributed by atoms with Crippen molar-refractivity contribution >= 4 is 17.7 Å². The number of esters is 1. The number of amides is 1. The maximum Gasteiger partial charge on any atom is 0.411 e. The molecule has 1 N–H and O–H groups in total. The van der Waals surface area contributed by atoms with E-state index in [1.165, 1.54) is 0 Å². The Morgan fingerprint density at radius 3 is 2.37 bits per heavy atom. The zero-order chi connectivity index (χ0) is 14.3. The van der Waals surface area contributed by atoms with Crippen molar-refractivity contribution in [2.75, 3.05) is 11.9 Å². The van der Waals surface area contributed by atoms with Crippen LogP contribution in [0.2, 0.25) is 0 Å². The fourth-order valence-electron chi connectivity index (χ4n) is 1.33. The van der Waals surface area contributed by atoms with Crippen molar-refractivity contribution in [3.05, 3.63) is 29.8 Å². The highest BCUT2D eigenvalue weighted by Gasteiger charge is 2.08. The van der Waals surface area contributed by atoms with Crippen molar-refractivity contribution in [1.82, 2.24) is 0 Å². The second kappa shape index (κ2) is 7.41. The molecule has 0 aliphatic carbocycles. The van der Waals surface area contributed by atoms with E-state index in [2.05, 4.69) is 5.32 Å². The lowest BCUT2D eigenvalue weighted by Crippen LogP contribution is -2.18. The number of hydrogen-bond donors (Lipinski definition) is 1. The summed E-state index contributed by atoms with van der Waals surface area (Å²) in [4.78, 5) is 22.9. The Morgan fingerprint density at radius 1 is 1.21 bits per heavy atom. The molecule has 0 aliphatic heterocycles. The number of hydrogen-bond acceptors (Lipinski definition) is 4. The predicted octanol–water partition coefficient (Wildman–Crippen LogP) is 3.21. The van der Waals surface area contributed by atoms with E-state index in [0.717, 1.165) is 6.42 Å². The van der Waals surface area contributed by atoms with Crippen molar-refractivity contribution in [2.45, 2.75) is 33.3 Å². The Morgan fingerprint density at radius 2 is 1.84 bits per heavy atom. The summed E-state index contributed by atoms with van der Waals surface area (Å²) in [7, 11) is 0. The van der Waals surface area contributed by atoms with Gasteiger partial charge in [0, 0.05) is 5.69 Å². The van der Waals surface area contributed by atoms with Crippen LogP contribution < -0.4 is 5.32 Å². The Kier molecular flexibility index (Phi) is 5.85. The molecule has 0 atom stereocenters. The van der Waals surface area contributed by atoms with Gasteiger partial charge < -0.3 is 9.47 Å². The lowest BCUT2D eigenvalue weighted by atomic mass is 10.2. The van der Waals surface area contributed by atoms with Gasteiger partial charge in [-0.1, -0.05) is 6.92 Å². The van der Waals surface area contributed by atoms with E-state index in [9.17, 15) is 9.59 Å². The quantitative estimate of drug-likeness (QED) is 0.830. The molecule has 5 heteroatoms. The number of benzene rings is 1. The summed E-state index contributed by atoms with van der Waals surface area (Å²) in [6.45, 7) is 5.87. The summed E-state index contributed by atoms with van der Waals surface area (Å²) in [6.07, 6.45) is 0.0893. The van der Waals surface area contributed by atoms with Crippen molar-refractivity contribution in [2.24, 2.45) is 0 Å². The average molecular weight is 265 g/mol. The molecule has 1 aromatic rings. The molecule has 19 heavy (non-hydrogen) atoms. The van der Waals surface area contributed by atoms with Crippen LogP contribution in [-0.2, 0) is 9.47 Å². The van der Waals surface area contributed by atoms with Crippen LogP contribution >= 0.6 is 0 Å². The predicted molar refractivity (Wildman–Crippen MR) is 72.3 cm³/mol. The second-order valence-electron chi connectivity index (χ2n) is 4.29. The van der Waals surface area contributed by atoms with Gasteiger partial charge in [0.2, 0.25) is 0 Å². The molecule has 0 fully saturated rings. The van der Waals surface area contributed by atoms with E-state index < -0.39 is 6.09 Å². The molecule has 1 amide bonds. The number of carbonyl (C=O) groups excluding carboxylic acids is 2. The highest BCUT2D eigenvalue weighted by atomic mass is 16.6. The van der Waals surface area contributed by atoms with Crippen LogP contribution in [0.4, 0.5) is 10.5 Å². The van der Waals surface area contributed by atoms with Gasteiger partial charge in [-0.3, -0.25) is 5.32 Å². The number of anilines is 1. The molecule has 0 radical (unpaired) electrons. The minimum Gasteiger partial charge on any atom is -0.462 e. The van der Waals surface area contributed by atoms with Crippen molar-refractivity contribution in [3.63, 3.8) is 0 Å². The lowest BCUT2D eigenvalue weighted by Gasteiger charge is -2.09. The maximum absolute atomic E-state index is 11.5. The van der Waals surface area contributed by atoms with E-state index in [0.29, 0.717) is 17.9 Å². The largest absolute Gasteiger partial charge is 0.462 e. The van der Waals surface area contributed by atoms with Crippen LogP contribution in [0.15, 0.2) is 24.3 Å². The smallest absolute Gasteiger partial charge is 0.411 e. The summed E-state index contributed by atoms with van der Waals surface area (Å²) in [5.41, 5.74) is 1.02. The first-order valence-corrected chi connectivity index (χ1v) is 6.27. The van der Waals surface area contributed by atoms with Gasteiger partial charge in [-0.05, 0) is 44.5 Å². The highest BCUT2D eigenvalue weighted by molar-refractivity contribution is 5.91. The van der Waals surface area contributed by atoms with Crippen LogP contribution in [0.25, 0.3) is 0 Å². The SMILES string of the molecule is CCCOC(=O)c1ccc(NC(=O)OC(C)C)cc1. The van der Waals surface area contributed by atoms with Gasteiger partial charge in [0.05, 0.1) is 18.3 Å². The van der Waals surface area contributed by atoms with Gasteiger partial charge in [-0.15, -0.1) is 0 Å². The highest BCUT2D eigenvalue weighted by Crippen LogP contribution is 2.11. The fourth-order valence-corrected chi connectivity index (χ4v) is 1.33. The molecule has 0 bridgehead atoms. The minimum absolute atomic E-state index is 0.178. The fraction of sp³-hybridized carbons (Fsp3) is 0.429. The van der Waals surface area contributed by atoms with E-state index in [4.69, 9.17) is 9.47 Å². The molecule has 0 spiro atoms. The van der Waals surface area contributed by atoms with E-state index in [1.54, 1.807) is 38.1 Å². The number of carbonyl (C=O) groups is 2. The van der Waals surface area contributed by atoms with E-state index in [-0.39, 0.29) is 12.1 Å². The summed E-state index contributed by atoms with van der Waals surface area (Å²) < 4.78 is 9.94. The Labute approximate surface area is 112 Å². The molecule has 0 aliphatic rings. The zero-order valence-corrected chi connectivity index (χ0v) is 11.4. The van der Waals surface area contributed by atoms with Crippen molar-refractivity contribution in [3.8, 4) is 0 Å². The summed E-state index contributed by atoms with van der Waals surface area (Å²) in [5.74, 6) is -0.363. The molecule has 0 saturated heterocycles. The molecule has 0 unspecified atom stereocenters. The van der Waals surface area contributed by atoms with E-state index in [1.807, 2.05) is 6.92 Å². The molecule has 0 heterocycles. The summed E-state index contributed by atoms with van der Waals surface area (Å²) in [6, 6.07) is 6.46. The average Bonchev–Trinajstić information content (AvgIpc) is 2.35. The van der Waals surface area contributed by atoms with Crippen molar-refractivity contribution in [1.29, 1.82) is 0 Å². The zero-order valence-electron chi connectivity index (χ0n) is 11.4. The molecule has 0 aromatic heterocycles. The number of nitrogens with one attached hydrogen (secondary N) is 1. The number of rotatable bonds is 5. The molecule has 1 aromatic carbocycles. The topological polar surface area (TPSA) is 64.6 Å². The Hall–Kier alpha value is -2.04. The molecular weight excluding hydrogens is 246 g/mol. The lowest BCUT2D eigenvalue weighted by molar-refractivity contribution is 0.0505. The van der Waals surface area contributed by atoms with Crippen LogP contribution in [-0.4, -0.2) is 24.8 Å². The van der Waals surface area contributed by atoms with Crippen LogP contribution in [0.1, 0.15) is 37.6 Å². The monoisotopic (exact) mass is 265 g/mol. The normalized spacial score (nSPS) is 10.1. The first-order valence-electron chi connectivity index (χ1n) is 6.27. The van der Waals surface area contributed by atoms with Gasteiger partial charge in [-0.2, -0.15) is 0 Å². The van der Waals surface area contributed by atoms with Crippen LogP contribution in [0.3, 0.4) is 0 Å². The molecule has 5 nitrogen and oxygen atoms in total. The minimum atomic E-state index is -0.517. The molecule has 0 saturated carbocycles. The standard InChI is InChI=1S/C14H19NO4/c1-4-9-18-13(16)11-5-7-12(8-6-11)15-14(17)19-10(2)3/h5-8,10H,4,9H2,1-3H3,(H,15,17). The van der Waals surface area contributed by atoms with Gasteiger partial charge in [0.15, 0.2) is 0 Å². The van der Waals surface area contributed by atoms with Gasteiger partial charge in [-0.25, -0.2) is 9.59 Å². The molecular formula is C14H19NO4. The third kappa shape index (κ3) is 5.42. The third-order valence-electron chi connectivity index (χ3n) is 2.15. The van der Waals surface area contributed by atoms with Crippen LogP contribution in [0.5, 0.6) is 0 Å². The van der Waals surface area contributed by atoms with Crippen molar-refractivity contribution < 1.29 is 19.1 Å². The van der Waals surface area contributed by atoms with Crippen LogP contribution in [0, 0.1) is 0 Å². The van der Waals surface area contributed by atoms with Gasteiger partial charge in [0.1, 0.15) is 0 Å². The summed E-state index contributed by atoms with van der Waals surface area (Å²) in [5, 5.41) is 2.57. The number of ether oxygens (including phenoxy) is 2. The molecule has 1 rings (SSSR count). The summed E-state index contributed by atoms with van der Waals surface area (Å²) >= 11 is 0. The maximum atomic E-state index is 11.5. The Balaban J connectivity index is 2.56. The van der Waals surface area contributed by atoms with Gasteiger partial charge in [0.25, 0.3) is 0 Å². The first kappa shape index (κ1) is 15.0. The van der Waals surface area contributed by atoms with E-state index >= 15 is 0 Å². The second-order valence-corrected chi connectivity index (χ2v) is 4.29.